The number of rotatable bonds is 8. The Balaban J connectivity index is 5.03. The van der Waals surface area contributed by atoms with Crippen LogP contribution in [-0.2, 0) is 38.2 Å². The maximum atomic E-state index is 11.9. The molecule has 0 aromatic carbocycles. The number of carbonyl (C=O) groups excluding carboxylic acids is 4. The Labute approximate surface area is 125 Å². The molecule has 22 heavy (non-hydrogen) atoms. The molecule has 0 fully saturated rings. The summed E-state index contributed by atoms with van der Waals surface area (Å²) < 4.78 is 13.6. The van der Waals surface area contributed by atoms with Gasteiger partial charge in [0.05, 0.1) is 6.61 Å². The van der Waals surface area contributed by atoms with E-state index in [4.69, 9.17) is 5.11 Å². The van der Waals surface area contributed by atoms with Gasteiger partial charge in [-0.1, -0.05) is 0 Å². The summed E-state index contributed by atoms with van der Waals surface area (Å²) >= 11 is 0. The van der Waals surface area contributed by atoms with Crippen molar-refractivity contribution in [3.63, 3.8) is 0 Å². The Kier molecular flexibility index (Phi) is 8.19. The number of carbonyl (C=O) groups is 5. The van der Waals surface area contributed by atoms with Gasteiger partial charge in [0.1, 0.15) is 6.54 Å². The summed E-state index contributed by atoms with van der Waals surface area (Å²) in [4.78, 5) is 55.9. The van der Waals surface area contributed by atoms with Gasteiger partial charge in [0.2, 0.25) is 12.2 Å². The lowest BCUT2D eigenvalue weighted by Crippen LogP contribution is -2.50. The molecule has 0 aromatic rings. The fraction of sp³-hybridized carbons (Fsp3) is 0.583. The van der Waals surface area contributed by atoms with Crippen molar-refractivity contribution in [1.82, 2.24) is 5.32 Å². The Morgan fingerprint density at radius 3 is 1.91 bits per heavy atom. The van der Waals surface area contributed by atoms with Gasteiger partial charge in [0.25, 0.3) is 5.91 Å². The molecule has 0 aliphatic carbocycles. The highest BCUT2D eigenvalue weighted by molar-refractivity contribution is 5.92. The van der Waals surface area contributed by atoms with Gasteiger partial charge in [-0.2, -0.15) is 0 Å². The van der Waals surface area contributed by atoms with Crippen molar-refractivity contribution in [2.45, 2.75) is 33.0 Å². The third kappa shape index (κ3) is 7.22. The van der Waals surface area contributed by atoms with Crippen molar-refractivity contribution < 1.29 is 43.3 Å². The zero-order chi connectivity index (χ0) is 17.3. The highest BCUT2D eigenvalue weighted by Gasteiger charge is 2.39. The first-order valence-corrected chi connectivity index (χ1v) is 6.19. The lowest BCUT2D eigenvalue weighted by Gasteiger charge is -2.22. The molecule has 0 spiro atoms. The Morgan fingerprint density at radius 2 is 1.50 bits per heavy atom. The molecule has 0 unspecified atom stereocenters. The molecule has 2 atom stereocenters. The first-order valence-electron chi connectivity index (χ1n) is 6.19. The number of hydrogen-bond acceptors (Lipinski definition) is 8. The van der Waals surface area contributed by atoms with Crippen molar-refractivity contribution >= 4 is 29.8 Å². The van der Waals surface area contributed by atoms with E-state index in [1.165, 1.54) is 0 Å². The molecule has 2 N–H and O–H groups in total. The van der Waals surface area contributed by atoms with E-state index >= 15 is 0 Å². The van der Waals surface area contributed by atoms with Crippen LogP contribution in [0.2, 0.25) is 0 Å². The molecule has 1 amide bonds. The minimum atomic E-state index is -2.04. The van der Waals surface area contributed by atoms with Gasteiger partial charge in [-0.15, -0.1) is 0 Å². The average Bonchev–Trinajstić information content (AvgIpc) is 2.39. The number of nitrogens with one attached hydrogen (secondary N) is 1. The molecule has 0 aliphatic rings. The van der Waals surface area contributed by atoms with Gasteiger partial charge in [-0.05, 0) is 6.92 Å². The van der Waals surface area contributed by atoms with E-state index in [0.717, 1.165) is 13.8 Å². The average molecular weight is 319 g/mol. The molecule has 124 valence electrons. The monoisotopic (exact) mass is 319 g/mol. The lowest BCUT2D eigenvalue weighted by molar-refractivity contribution is -0.180. The van der Waals surface area contributed by atoms with E-state index in [9.17, 15) is 24.0 Å². The van der Waals surface area contributed by atoms with Gasteiger partial charge in [-0.3, -0.25) is 19.2 Å². The van der Waals surface area contributed by atoms with Crippen LogP contribution in [-0.4, -0.2) is 60.3 Å². The van der Waals surface area contributed by atoms with E-state index < -0.39 is 48.5 Å². The van der Waals surface area contributed by atoms with Gasteiger partial charge in [0, 0.05) is 13.8 Å². The van der Waals surface area contributed by atoms with Crippen LogP contribution in [0.4, 0.5) is 0 Å². The molecule has 10 heteroatoms. The van der Waals surface area contributed by atoms with E-state index in [1.54, 1.807) is 6.92 Å². The number of carboxylic acid groups (broad SMARTS) is 1. The molecule has 0 radical (unpaired) electrons. The van der Waals surface area contributed by atoms with E-state index in [1.807, 2.05) is 5.32 Å². The number of carboxylic acids is 1. The second kappa shape index (κ2) is 9.32. The number of hydrogen-bond donors (Lipinski definition) is 2. The van der Waals surface area contributed by atoms with Crippen LogP contribution in [0.3, 0.4) is 0 Å². The van der Waals surface area contributed by atoms with Crippen molar-refractivity contribution in [2.75, 3.05) is 13.2 Å². The quantitative estimate of drug-likeness (QED) is 0.408. The van der Waals surface area contributed by atoms with Gasteiger partial charge < -0.3 is 24.6 Å². The summed E-state index contributed by atoms with van der Waals surface area (Å²) in [6.45, 7) is 2.96. The first kappa shape index (κ1) is 19.4. The highest BCUT2D eigenvalue weighted by atomic mass is 16.6. The van der Waals surface area contributed by atoms with Crippen LogP contribution in [0.1, 0.15) is 20.8 Å². The van der Waals surface area contributed by atoms with Crippen LogP contribution in [0.25, 0.3) is 0 Å². The zero-order valence-electron chi connectivity index (χ0n) is 12.3. The van der Waals surface area contributed by atoms with E-state index in [0.29, 0.717) is 0 Å². The second-order valence-corrected chi connectivity index (χ2v) is 3.92. The summed E-state index contributed by atoms with van der Waals surface area (Å²) in [5.74, 6) is -5.51. The summed E-state index contributed by atoms with van der Waals surface area (Å²) in [5, 5.41) is 11.0. The van der Waals surface area contributed by atoms with Gasteiger partial charge >= 0.3 is 23.9 Å². The fourth-order valence-electron chi connectivity index (χ4n) is 1.32. The second-order valence-electron chi connectivity index (χ2n) is 3.92. The minimum Gasteiger partial charge on any atom is -0.478 e. The maximum absolute atomic E-state index is 11.9. The SMILES string of the molecule is CCOC(=O)CNC(=O)[C@@H](OC(C)=O)[C@H](OC(C)=O)C(=O)O. The number of esters is 3. The number of ether oxygens (including phenoxy) is 3. The molecule has 0 saturated heterocycles. The van der Waals surface area contributed by atoms with Crippen molar-refractivity contribution in [3.8, 4) is 0 Å². The minimum absolute atomic E-state index is 0.0906. The van der Waals surface area contributed by atoms with Crippen molar-refractivity contribution in [2.24, 2.45) is 0 Å². The Bertz CT molecular complexity index is 460. The molecular weight excluding hydrogens is 302 g/mol. The molecule has 0 aliphatic heterocycles. The molecule has 10 nitrogen and oxygen atoms in total. The number of aliphatic carboxylic acids is 1. The largest absolute Gasteiger partial charge is 0.478 e. The van der Waals surface area contributed by atoms with E-state index in [2.05, 4.69) is 14.2 Å². The number of amides is 1. The molecule has 0 bridgehead atoms. The van der Waals surface area contributed by atoms with Gasteiger partial charge in [0.15, 0.2) is 0 Å². The predicted octanol–water partition coefficient (Wildman–Crippen LogP) is -1.39. The standard InChI is InChI=1S/C12H17NO9/c1-4-20-8(16)5-13-11(17)9(21-6(2)14)10(12(18)19)22-7(3)15/h9-10H,4-5H2,1-3H3,(H,13,17)(H,18,19)/t9-,10-/m0/s1. The molecule has 0 aromatic heterocycles. The van der Waals surface area contributed by atoms with Crippen LogP contribution in [0.5, 0.6) is 0 Å². The third-order valence-corrected chi connectivity index (χ3v) is 2.07. The van der Waals surface area contributed by atoms with Crippen molar-refractivity contribution in [1.29, 1.82) is 0 Å². The smallest absolute Gasteiger partial charge is 0.349 e. The fourth-order valence-corrected chi connectivity index (χ4v) is 1.32. The van der Waals surface area contributed by atoms with E-state index in [-0.39, 0.29) is 6.61 Å². The topological polar surface area (TPSA) is 145 Å². The summed E-state index contributed by atoms with van der Waals surface area (Å²) in [6.07, 6.45) is -3.98. The first-order chi connectivity index (χ1) is 10.2. The van der Waals surface area contributed by atoms with Crippen LogP contribution >= 0.6 is 0 Å². The summed E-state index contributed by atoms with van der Waals surface area (Å²) in [5.41, 5.74) is 0. The van der Waals surface area contributed by atoms with Crippen molar-refractivity contribution in [3.05, 3.63) is 0 Å². The predicted molar refractivity (Wildman–Crippen MR) is 68.4 cm³/mol. The maximum Gasteiger partial charge on any atom is 0.349 e. The zero-order valence-corrected chi connectivity index (χ0v) is 12.3. The third-order valence-electron chi connectivity index (χ3n) is 2.07. The van der Waals surface area contributed by atoms with Crippen LogP contribution < -0.4 is 5.32 Å². The molecular formula is C12H17NO9. The lowest BCUT2D eigenvalue weighted by atomic mass is 10.2. The highest BCUT2D eigenvalue weighted by Crippen LogP contribution is 2.07. The van der Waals surface area contributed by atoms with Crippen LogP contribution in [0, 0.1) is 0 Å². The van der Waals surface area contributed by atoms with Crippen LogP contribution in [0.15, 0.2) is 0 Å². The summed E-state index contributed by atoms with van der Waals surface area (Å²) in [7, 11) is 0. The normalized spacial score (nSPS) is 12.5. The van der Waals surface area contributed by atoms with Gasteiger partial charge in [-0.25, -0.2) is 4.79 Å². The Hall–Kier alpha value is -2.65. The molecule has 0 saturated carbocycles. The Morgan fingerprint density at radius 1 is 1.00 bits per heavy atom. The molecule has 0 rings (SSSR count). The molecule has 0 heterocycles. The summed E-state index contributed by atoms with van der Waals surface area (Å²) in [6, 6.07) is 0.